The predicted molar refractivity (Wildman–Crippen MR) is 101 cm³/mol. The van der Waals surface area contributed by atoms with Gasteiger partial charge in [-0.15, -0.1) is 5.10 Å². The molecule has 26 heavy (non-hydrogen) atoms. The van der Waals surface area contributed by atoms with E-state index in [9.17, 15) is 4.57 Å². The summed E-state index contributed by atoms with van der Waals surface area (Å²) in [6.07, 6.45) is 1.71. The van der Waals surface area contributed by atoms with Crippen LogP contribution in [0.2, 0.25) is 0 Å². The Balaban J connectivity index is 1.97. The van der Waals surface area contributed by atoms with Crippen LogP contribution in [0.15, 0.2) is 60.8 Å². The molecule has 1 unspecified atom stereocenters. The molecule has 136 valence electrons. The van der Waals surface area contributed by atoms with E-state index in [2.05, 4.69) is 15.6 Å². The van der Waals surface area contributed by atoms with E-state index in [1.807, 2.05) is 61.5 Å². The van der Waals surface area contributed by atoms with Gasteiger partial charge in [-0.25, -0.2) is 4.68 Å². The van der Waals surface area contributed by atoms with E-state index in [-0.39, 0.29) is 0 Å². The largest absolute Gasteiger partial charge is 0.367 e. The van der Waals surface area contributed by atoms with Crippen LogP contribution in [0.3, 0.4) is 0 Å². The van der Waals surface area contributed by atoms with Gasteiger partial charge < -0.3 is 14.4 Å². The maximum atomic E-state index is 13.1. The summed E-state index contributed by atoms with van der Waals surface area (Å²) >= 11 is 0. The molecule has 8 heteroatoms. The Morgan fingerprint density at radius 2 is 1.69 bits per heavy atom. The lowest BCUT2D eigenvalue weighted by Crippen LogP contribution is -2.14. The minimum absolute atomic E-state index is 0.460. The van der Waals surface area contributed by atoms with E-state index < -0.39 is 13.4 Å². The van der Waals surface area contributed by atoms with Crippen molar-refractivity contribution in [1.29, 1.82) is 0 Å². The highest BCUT2D eigenvalue weighted by molar-refractivity contribution is 7.54. The number of aromatic nitrogens is 3. The molecule has 0 aliphatic heterocycles. The second kappa shape index (κ2) is 7.83. The third-order valence-corrected chi connectivity index (χ3v) is 6.04. The number of benzene rings is 2. The van der Waals surface area contributed by atoms with Gasteiger partial charge in [-0.3, -0.25) is 4.57 Å². The number of nitrogens with zero attached hydrogens (tertiary/aromatic N) is 3. The van der Waals surface area contributed by atoms with Crippen molar-refractivity contribution < 1.29 is 13.6 Å². The van der Waals surface area contributed by atoms with E-state index in [4.69, 9.17) is 9.05 Å². The normalized spacial score (nSPS) is 12.7. The van der Waals surface area contributed by atoms with Crippen molar-refractivity contribution in [2.75, 3.05) is 19.5 Å². The van der Waals surface area contributed by atoms with E-state index in [0.717, 1.165) is 16.9 Å². The number of nitrogens with one attached hydrogen (secondary N) is 1. The van der Waals surface area contributed by atoms with Crippen molar-refractivity contribution in [2.45, 2.75) is 12.7 Å². The zero-order valence-corrected chi connectivity index (χ0v) is 15.8. The van der Waals surface area contributed by atoms with Crippen LogP contribution in [0.1, 0.15) is 17.0 Å². The van der Waals surface area contributed by atoms with Crippen LogP contribution in [0.4, 0.5) is 5.69 Å². The highest BCUT2D eigenvalue weighted by Crippen LogP contribution is 2.59. The monoisotopic (exact) mass is 372 g/mol. The molecule has 0 bridgehead atoms. The predicted octanol–water partition coefficient (Wildman–Crippen LogP) is 4.17. The van der Waals surface area contributed by atoms with Gasteiger partial charge in [-0.2, -0.15) is 0 Å². The lowest BCUT2D eigenvalue weighted by molar-refractivity contribution is 0.268. The lowest BCUT2D eigenvalue weighted by Gasteiger charge is -2.24. The summed E-state index contributed by atoms with van der Waals surface area (Å²) in [5.41, 5.74) is 3.22. The van der Waals surface area contributed by atoms with Crippen LogP contribution in [0, 0.1) is 6.92 Å². The molecule has 0 saturated heterocycles. The summed E-state index contributed by atoms with van der Waals surface area (Å²) in [6.45, 7) is 2.00. The lowest BCUT2D eigenvalue weighted by atomic mass is 10.2. The fourth-order valence-electron chi connectivity index (χ4n) is 2.52. The van der Waals surface area contributed by atoms with Crippen molar-refractivity contribution >= 4 is 13.3 Å². The summed E-state index contributed by atoms with van der Waals surface area (Å²) < 4.78 is 25.1. The van der Waals surface area contributed by atoms with Crippen LogP contribution < -0.4 is 5.32 Å². The van der Waals surface area contributed by atoms with Crippen LogP contribution >= 0.6 is 7.60 Å². The van der Waals surface area contributed by atoms with Gasteiger partial charge in [0.05, 0.1) is 11.9 Å². The molecule has 0 aliphatic rings. The van der Waals surface area contributed by atoms with Gasteiger partial charge in [-0.1, -0.05) is 41.1 Å². The number of hydrogen-bond acceptors (Lipinski definition) is 6. The maximum Gasteiger partial charge on any atom is 0.358 e. The Labute approximate surface area is 152 Å². The van der Waals surface area contributed by atoms with Gasteiger partial charge in [0.15, 0.2) is 5.78 Å². The maximum absolute atomic E-state index is 13.1. The molecule has 0 saturated carbocycles. The van der Waals surface area contributed by atoms with Crippen molar-refractivity contribution in [2.24, 2.45) is 0 Å². The molecule has 1 N–H and O–H groups in total. The quantitative estimate of drug-likeness (QED) is 0.627. The smallest absolute Gasteiger partial charge is 0.358 e. The van der Waals surface area contributed by atoms with E-state index in [0.29, 0.717) is 5.69 Å². The first-order valence-electron chi connectivity index (χ1n) is 8.08. The molecule has 2 aromatic carbocycles. The first-order valence-corrected chi connectivity index (χ1v) is 9.69. The molecule has 3 aromatic rings. The second-order valence-electron chi connectivity index (χ2n) is 5.74. The molecule has 1 atom stereocenters. The summed E-state index contributed by atoms with van der Waals surface area (Å²) in [4.78, 5) is 0. The Bertz CT molecular complexity index is 888. The van der Waals surface area contributed by atoms with Crippen molar-refractivity contribution in [3.05, 3.63) is 72.1 Å². The van der Waals surface area contributed by atoms with Crippen molar-refractivity contribution in [3.63, 3.8) is 0 Å². The molecular weight excluding hydrogens is 351 g/mol. The minimum Gasteiger partial charge on any atom is -0.367 e. The highest BCUT2D eigenvalue weighted by atomic mass is 31.2. The summed E-state index contributed by atoms with van der Waals surface area (Å²) in [6, 6.07) is 17.3. The van der Waals surface area contributed by atoms with Crippen molar-refractivity contribution in [3.8, 4) is 5.69 Å². The van der Waals surface area contributed by atoms with E-state index in [1.54, 1.807) is 10.9 Å². The molecule has 0 spiro atoms. The Morgan fingerprint density at radius 1 is 1.04 bits per heavy atom. The standard InChI is InChI=1S/C18H21N4O3P/c1-14-9-11-15(12-10-14)19-18(26(23,24-2)25-3)17-13-22(21-20-17)16-7-5-4-6-8-16/h4-13,18-19H,1-3H3. The number of para-hydroxylation sites is 1. The van der Waals surface area contributed by atoms with Gasteiger partial charge in [-0.05, 0) is 31.2 Å². The topological polar surface area (TPSA) is 78.3 Å². The summed E-state index contributed by atoms with van der Waals surface area (Å²) in [7, 11) is -0.782. The fourth-order valence-corrected chi connectivity index (χ4v) is 3.84. The average molecular weight is 372 g/mol. The number of hydrogen-bond donors (Lipinski definition) is 1. The summed E-state index contributed by atoms with van der Waals surface area (Å²) in [5, 5.41) is 11.5. The highest BCUT2D eigenvalue weighted by Gasteiger charge is 2.38. The van der Waals surface area contributed by atoms with Crippen molar-refractivity contribution in [1.82, 2.24) is 15.0 Å². The SMILES string of the molecule is COP(=O)(OC)C(Nc1ccc(C)cc1)c1cn(-c2ccccc2)nn1. The molecule has 0 aliphatic carbocycles. The molecule has 1 heterocycles. The van der Waals surface area contributed by atoms with Gasteiger partial charge in [0, 0.05) is 19.9 Å². The average Bonchev–Trinajstić information content (AvgIpc) is 3.17. The summed E-state index contributed by atoms with van der Waals surface area (Å²) in [5.74, 6) is -0.794. The minimum atomic E-state index is -3.50. The van der Waals surface area contributed by atoms with E-state index >= 15 is 0 Å². The molecule has 0 fully saturated rings. The van der Waals surface area contributed by atoms with Gasteiger partial charge in [0.25, 0.3) is 0 Å². The van der Waals surface area contributed by atoms with Crippen LogP contribution in [-0.2, 0) is 13.6 Å². The molecule has 0 amide bonds. The Morgan fingerprint density at radius 3 is 2.31 bits per heavy atom. The molecular formula is C18H21N4O3P. The van der Waals surface area contributed by atoms with Crippen LogP contribution in [0.25, 0.3) is 5.69 Å². The van der Waals surface area contributed by atoms with Gasteiger partial charge in [0.2, 0.25) is 0 Å². The molecule has 0 radical (unpaired) electrons. The first-order chi connectivity index (χ1) is 12.6. The second-order valence-corrected chi connectivity index (χ2v) is 8.07. The number of rotatable bonds is 7. The third-order valence-electron chi connectivity index (χ3n) is 3.99. The van der Waals surface area contributed by atoms with E-state index in [1.165, 1.54) is 14.2 Å². The Kier molecular flexibility index (Phi) is 5.52. The first kappa shape index (κ1) is 18.3. The number of anilines is 1. The van der Waals surface area contributed by atoms with Crippen LogP contribution in [-0.4, -0.2) is 29.2 Å². The molecule has 1 aromatic heterocycles. The molecule has 7 nitrogen and oxygen atoms in total. The zero-order chi connectivity index (χ0) is 18.6. The van der Waals surface area contributed by atoms with Gasteiger partial charge in [0.1, 0.15) is 5.69 Å². The van der Waals surface area contributed by atoms with Gasteiger partial charge >= 0.3 is 7.60 Å². The zero-order valence-electron chi connectivity index (χ0n) is 14.9. The third kappa shape index (κ3) is 3.85. The molecule has 3 rings (SSSR count). The number of aryl methyl sites for hydroxylation is 1. The van der Waals surface area contributed by atoms with Crippen LogP contribution in [0.5, 0.6) is 0 Å². The fraction of sp³-hybridized carbons (Fsp3) is 0.222. The Hall–Kier alpha value is -2.47.